The van der Waals surface area contributed by atoms with Gasteiger partial charge in [-0.1, -0.05) is 0 Å². The molecule has 0 aliphatic carbocycles. The van der Waals surface area contributed by atoms with Crippen molar-refractivity contribution in [1.82, 2.24) is 0 Å². The number of hydrogen-bond acceptors (Lipinski definition) is 4. The molecule has 0 radical (unpaired) electrons. The summed E-state index contributed by atoms with van der Waals surface area (Å²) in [7, 11) is 0. The van der Waals surface area contributed by atoms with E-state index in [2.05, 4.69) is 0 Å². The molecule has 0 aliphatic heterocycles. The van der Waals surface area contributed by atoms with Crippen LogP contribution in [0.25, 0.3) is 0 Å². The molecule has 1 heterocycles. The number of thiophene rings is 1. The maximum atomic E-state index is 10.6. The molecule has 0 saturated heterocycles. The van der Waals surface area contributed by atoms with E-state index in [1.807, 2.05) is 6.26 Å². The van der Waals surface area contributed by atoms with Gasteiger partial charge in [0.05, 0.1) is 6.61 Å². The maximum Gasteiger partial charge on any atom is 0.349 e. The maximum absolute atomic E-state index is 10.6. The highest BCUT2D eigenvalue weighted by Gasteiger charge is 2.12. The molecule has 0 saturated carbocycles. The molecule has 1 aromatic heterocycles. The van der Waals surface area contributed by atoms with E-state index < -0.39 is 5.97 Å². The Morgan fingerprint density at radius 3 is 3.15 bits per heavy atom. The summed E-state index contributed by atoms with van der Waals surface area (Å²) in [5, 5.41) is 10.5. The van der Waals surface area contributed by atoms with Crippen molar-refractivity contribution in [3.8, 4) is 5.75 Å². The van der Waals surface area contributed by atoms with Crippen LogP contribution in [-0.4, -0.2) is 29.7 Å². The molecule has 1 rings (SSSR count). The topological polar surface area (TPSA) is 46.5 Å². The van der Waals surface area contributed by atoms with Crippen molar-refractivity contribution in [2.45, 2.75) is 0 Å². The van der Waals surface area contributed by atoms with Gasteiger partial charge >= 0.3 is 5.97 Å². The highest BCUT2D eigenvalue weighted by Crippen LogP contribution is 2.24. The SMILES string of the molecule is CSCCOc1ccsc1C(=O)O. The fourth-order valence-electron chi connectivity index (χ4n) is 0.802. The Balaban J connectivity index is 2.55. The van der Waals surface area contributed by atoms with Gasteiger partial charge in [0.1, 0.15) is 5.75 Å². The predicted octanol–water partition coefficient (Wildman–Crippen LogP) is 2.19. The van der Waals surface area contributed by atoms with Gasteiger partial charge in [-0.2, -0.15) is 11.8 Å². The molecule has 13 heavy (non-hydrogen) atoms. The third-order valence-corrected chi connectivity index (χ3v) is 2.83. The first kappa shape index (κ1) is 10.4. The van der Waals surface area contributed by atoms with E-state index in [0.29, 0.717) is 12.4 Å². The van der Waals surface area contributed by atoms with Crippen molar-refractivity contribution in [1.29, 1.82) is 0 Å². The minimum atomic E-state index is -0.922. The van der Waals surface area contributed by atoms with E-state index in [-0.39, 0.29) is 4.88 Å². The second kappa shape index (κ2) is 5.14. The highest BCUT2D eigenvalue weighted by molar-refractivity contribution is 7.98. The van der Waals surface area contributed by atoms with Crippen LogP contribution >= 0.6 is 23.1 Å². The van der Waals surface area contributed by atoms with Crippen molar-refractivity contribution in [3.05, 3.63) is 16.3 Å². The summed E-state index contributed by atoms with van der Waals surface area (Å²) in [5.74, 6) is 0.426. The lowest BCUT2D eigenvalue weighted by molar-refractivity contribution is 0.0698. The van der Waals surface area contributed by atoms with Gasteiger partial charge in [0.15, 0.2) is 4.88 Å². The number of carbonyl (C=O) groups is 1. The van der Waals surface area contributed by atoms with Gasteiger partial charge in [0, 0.05) is 5.75 Å². The van der Waals surface area contributed by atoms with E-state index in [1.54, 1.807) is 23.2 Å². The molecule has 0 bridgehead atoms. The van der Waals surface area contributed by atoms with Crippen LogP contribution in [0.4, 0.5) is 0 Å². The van der Waals surface area contributed by atoms with Gasteiger partial charge in [-0.25, -0.2) is 4.79 Å². The van der Waals surface area contributed by atoms with E-state index in [4.69, 9.17) is 9.84 Å². The smallest absolute Gasteiger partial charge is 0.349 e. The summed E-state index contributed by atoms with van der Waals surface area (Å²) < 4.78 is 5.29. The van der Waals surface area contributed by atoms with Crippen molar-refractivity contribution < 1.29 is 14.6 Å². The van der Waals surface area contributed by atoms with Gasteiger partial charge < -0.3 is 9.84 Å². The molecule has 0 fully saturated rings. The lowest BCUT2D eigenvalue weighted by Crippen LogP contribution is -2.02. The molecule has 0 aliphatic rings. The van der Waals surface area contributed by atoms with Crippen LogP contribution in [0.2, 0.25) is 0 Å². The van der Waals surface area contributed by atoms with E-state index in [9.17, 15) is 4.79 Å². The molecule has 0 unspecified atom stereocenters. The molecule has 1 N–H and O–H groups in total. The van der Waals surface area contributed by atoms with Crippen molar-refractivity contribution in [3.63, 3.8) is 0 Å². The third-order valence-electron chi connectivity index (χ3n) is 1.37. The van der Waals surface area contributed by atoms with E-state index in [0.717, 1.165) is 5.75 Å². The van der Waals surface area contributed by atoms with Gasteiger partial charge in [0.2, 0.25) is 0 Å². The molecule has 0 atom stereocenters. The normalized spacial score (nSPS) is 9.92. The van der Waals surface area contributed by atoms with Crippen LogP contribution in [0, 0.1) is 0 Å². The standard InChI is InChI=1S/C8H10O3S2/c1-12-5-3-11-6-2-4-13-7(6)8(9)10/h2,4H,3,5H2,1H3,(H,9,10). The number of ether oxygens (including phenoxy) is 1. The zero-order chi connectivity index (χ0) is 9.68. The Morgan fingerprint density at radius 1 is 1.77 bits per heavy atom. The highest BCUT2D eigenvalue weighted by atomic mass is 32.2. The van der Waals surface area contributed by atoms with Crippen LogP contribution in [0.1, 0.15) is 9.67 Å². The van der Waals surface area contributed by atoms with Gasteiger partial charge in [-0.3, -0.25) is 0 Å². The molecule has 3 nitrogen and oxygen atoms in total. The average Bonchev–Trinajstić information content (AvgIpc) is 2.53. The number of carboxylic acids is 1. The molecular formula is C8H10O3S2. The van der Waals surface area contributed by atoms with Crippen LogP contribution < -0.4 is 4.74 Å². The van der Waals surface area contributed by atoms with Gasteiger partial charge in [-0.05, 0) is 17.7 Å². The Bertz CT molecular complexity index is 283. The summed E-state index contributed by atoms with van der Waals surface area (Å²) in [5.41, 5.74) is 0. The number of rotatable bonds is 5. The van der Waals surface area contributed by atoms with Crippen LogP contribution in [0.3, 0.4) is 0 Å². The molecule has 72 valence electrons. The first-order valence-electron chi connectivity index (χ1n) is 3.68. The van der Waals surface area contributed by atoms with Crippen LogP contribution in [-0.2, 0) is 0 Å². The van der Waals surface area contributed by atoms with Gasteiger partial charge in [0.25, 0.3) is 0 Å². The van der Waals surface area contributed by atoms with E-state index in [1.165, 1.54) is 11.3 Å². The third kappa shape index (κ3) is 2.93. The molecule has 0 amide bonds. The van der Waals surface area contributed by atoms with Gasteiger partial charge in [-0.15, -0.1) is 11.3 Å². The summed E-state index contributed by atoms with van der Waals surface area (Å²) >= 11 is 2.85. The molecule has 1 aromatic rings. The molecule has 0 spiro atoms. The molecule has 5 heteroatoms. The van der Waals surface area contributed by atoms with Crippen molar-refractivity contribution >= 4 is 29.1 Å². The number of aromatic carboxylic acids is 1. The zero-order valence-corrected chi connectivity index (χ0v) is 8.78. The quantitative estimate of drug-likeness (QED) is 0.769. The average molecular weight is 218 g/mol. The minimum absolute atomic E-state index is 0.279. The zero-order valence-electron chi connectivity index (χ0n) is 7.15. The van der Waals surface area contributed by atoms with Crippen molar-refractivity contribution in [2.75, 3.05) is 18.6 Å². The molecular weight excluding hydrogens is 208 g/mol. The first-order valence-corrected chi connectivity index (χ1v) is 5.95. The Hall–Kier alpha value is -0.680. The van der Waals surface area contributed by atoms with Crippen LogP contribution in [0.15, 0.2) is 11.4 Å². The Morgan fingerprint density at radius 2 is 2.54 bits per heavy atom. The van der Waals surface area contributed by atoms with Crippen molar-refractivity contribution in [2.24, 2.45) is 0 Å². The molecule has 0 aromatic carbocycles. The lowest BCUT2D eigenvalue weighted by atomic mass is 10.4. The fraction of sp³-hybridized carbons (Fsp3) is 0.375. The summed E-state index contributed by atoms with van der Waals surface area (Å²) in [6.07, 6.45) is 1.98. The number of carboxylic acid groups (broad SMARTS) is 1. The second-order valence-electron chi connectivity index (χ2n) is 2.26. The lowest BCUT2D eigenvalue weighted by Gasteiger charge is -2.02. The second-order valence-corrected chi connectivity index (χ2v) is 4.16. The van der Waals surface area contributed by atoms with E-state index >= 15 is 0 Å². The van der Waals surface area contributed by atoms with Crippen LogP contribution in [0.5, 0.6) is 5.75 Å². The first-order chi connectivity index (χ1) is 6.25. The predicted molar refractivity (Wildman–Crippen MR) is 55.2 cm³/mol. The number of thioether (sulfide) groups is 1. The Labute approximate surface area is 84.7 Å². The fourth-order valence-corrected chi connectivity index (χ4v) is 1.72. The number of hydrogen-bond donors (Lipinski definition) is 1. The monoisotopic (exact) mass is 218 g/mol. The largest absolute Gasteiger partial charge is 0.491 e. The Kier molecular flexibility index (Phi) is 4.11. The summed E-state index contributed by atoms with van der Waals surface area (Å²) in [6, 6.07) is 1.69. The summed E-state index contributed by atoms with van der Waals surface area (Å²) in [4.78, 5) is 10.9. The summed E-state index contributed by atoms with van der Waals surface area (Å²) in [6.45, 7) is 0.554. The minimum Gasteiger partial charge on any atom is -0.491 e.